The Hall–Kier alpha value is -2.79. The molecule has 0 bridgehead atoms. The highest BCUT2D eigenvalue weighted by Crippen LogP contribution is 2.43. The quantitative estimate of drug-likeness (QED) is 0.705. The van der Waals surface area contributed by atoms with E-state index in [0.717, 1.165) is 36.7 Å². The largest absolute Gasteiger partial charge is 0.486 e. The van der Waals surface area contributed by atoms with Crippen molar-refractivity contribution in [3.05, 3.63) is 72.1 Å². The summed E-state index contributed by atoms with van der Waals surface area (Å²) in [6, 6.07) is 17.2. The number of fused-ring (bicyclic) bond motifs is 1. The molecule has 2 aliphatic rings. The number of hydrogen-bond acceptors (Lipinski definition) is 4. The maximum atomic E-state index is 5.97. The zero-order valence-corrected chi connectivity index (χ0v) is 15.3. The summed E-state index contributed by atoms with van der Waals surface area (Å²) >= 11 is 0. The Labute approximate surface area is 159 Å². The first-order valence-corrected chi connectivity index (χ1v) is 9.60. The van der Waals surface area contributed by atoms with E-state index in [-0.39, 0.29) is 0 Å². The smallest absolute Gasteiger partial charge is 0.166 e. The molecule has 5 heteroatoms. The van der Waals surface area contributed by atoms with Gasteiger partial charge in [0.05, 0.1) is 5.69 Å². The van der Waals surface area contributed by atoms with Crippen molar-refractivity contribution in [3.63, 3.8) is 0 Å². The van der Waals surface area contributed by atoms with Gasteiger partial charge in [0, 0.05) is 30.5 Å². The Morgan fingerprint density at radius 3 is 2.89 bits per heavy atom. The van der Waals surface area contributed by atoms with E-state index < -0.39 is 0 Å². The van der Waals surface area contributed by atoms with Gasteiger partial charge >= 0.3 is 0 Å². The summed E-state index contributed by atoms with van der Waals surface area (Å²) in [6.07, 6.45) is 6.14. The van der Waals surface area contributed by atoms with Crippen molar-refractivity contribution in [2.75, 3.05) is 19.8 Å². The predicted molar refractivity (Wildman–Crippen MR) is 103 cm³/mol. The van der Waals surface area contributed by atoms with E-state index in [2.05, 4.69) is 46.4 Å². The van der Waals surface area contributed by atoms with Gasteiger partial charge in [0.1, 0.15) is 13.2 Å². The molecule has 1 fully saturated rings. The van der Waals surface area contributed by atoms with E-state index >= 15 is 0 Å². The van der Waals surface area contributed by atoms with E-state index in [4.69, 9.17) is 9.47 Å². The van der Waals surface area contributed by atoms with Gasteiger partial charge in [-0.05, 0) is 49.2 Å². The molecule has 138 valence electrons. The van der Waals surface area contributed by atoms with E-state index in [1.165, 1.54) is 17.5 Å². The van der Waals surface area contributed by atoms with Crippen molar-refractivity contribution in [3.8, 4) is 17.2 Å². The first-order valence-electron chi connectivity index (χ1n) is 9.60. The van der Waals surface area contributed by atoms with Gasteiger partial charge in [-0.2, -0.15) is 5.10 Å². The highest BCUT2D eigenvalue weighted by atomic mass is 16.6. The number of ether oxygens (including phenoxy) is 2. The van der Waals surface area contributed by atoms with Gasteiger partial charge in [-0.25, -0.2) is 4.68 Å². The van der Waals surface area contributed by atoms with Crippen LogP contribution in [0.4, 0.5) is 0 Å². The van der Waals surface area contributed by atoms with Gasteiger partial charge in [0.25, 0.3) is 0 Å². The fourth-order valence-corrected chi connectivity index (χ4v) is 4.18. The third-order valence-corrected chi connectivity index (χ3v) is 5.38. The number of likely N-dealkylation sites (tertiary alicyclic amines) is 1. The second-order valence-electron chi connectivity index (χ2n) is 7.12. The molecule has 1 unspecified atom stereocenters. The van der Waals surface area contributed by atoms with Crippen LogP contribution in [-0.2, 0) is 6.54 Å². The maximum Gasteiger partial charge on any atom is 0.166 e. The summed E-state index contributed by atoms with van der Waals surface area (Å²) in [5.41, 5.74) is 3.66. The zero-order chi connectivity index (χ0) is 18.1. The highest BCUT2D eigenvalue weighted by Gasteiger charge is 2.30. The Balaban J connectivity index is 1.41. The molecule has 3 heterocycles. The third kappa shape index (κ3) is 3.19. The molecule has 1 saturated heterocycles. The molecule has 0 radical (unpaired) electrons. The molecule has 0 aliphatic carbocycles. The van der Waals surface area contributed by atoms with Crippen LogP contribution in [0.25, 0.3) is 5.69 Å². The topological polar surface area (TPSA) is 39.5 Å². The van der Waals surface area contributed by atoms with Gasteiger partial charge in [-0.1, -0.05) is 24.3 Å². The molecule has 2 aliphatic heterocycles. The first-order chi connectivity index (χ1) is 13.4. The number of hydrogen-bond donors (Lipinski definition) is 0. The van der Waals surface area contributed by atoms with Crippen molar-refractivity contribution in [1.82, 2.24) is 14.7 Å². The molecule has 0 N–H and O–H groups in total. The van der Waals surface area contributed by atoms with Crippen molar-refractivity contribution in [2.45, 2.75) is 25.4 Å². The van der Waals surface area contributed by atoms with Crippen LogP contribution in [0.1, 0.15) is 30.0 Å². The average Bonchev–Trinajstić information content (AvgIpc) is 3.40. The lowest BCUT2D eigenvalue weighted by Crippen LogP contribution is -2.24. The minimum atomic E-state index is 0.370. The Kier molecular flexibility index (Phi) is 4.30. The molecule has 5 rings (SSSR count). The van der Waals surface area contributed by atoms with Gasteiger partial charge in [-0.3, -0.25) is 4.90 Å². The molecule has 0 saturated carbocycles. The zero-order valence-electron chi connectivity index (χ0n) is 15.3. The van der Waals surface area contributed by atoms with Gasteiger partial charge < -0.3 is 9.47 Å². The SMILES string of the molecule is c1cc(CN2CCCC2c2cccc3c2OCCO3)cc(-n2cccn2)c1. The maximum absolute atomic E-state index is 5.97. The van der Waals surface area contributed by atoms with Crippen LogP contribution >= 0.6 is 0 Å². The summed E-state index contributed by atoms with van der Waals surface area (Å²) in [4.78, 5) is 2.55. The van der Waals surface area contributed by atoms with Gasteiger partial charge in [0.15, 0.2) is 11.5 Å². The first kappa shape index (κ1) is 16.4. The van der Waals surface area contributed by atoms with Crippen LogP contribution in [0.2, 0.25) is 0 Å². The van der Waals surface area contributed by atoms with Crippen LogP contribution in [0, 0.1) is 0 Å². The van der Waals surface area contributed by atoms with Crippen molar-refractivity contribution in [1.29, 1.82) is 0 Å². The summed E-state index contributed by atoms with van der Waals surface area (Å²) in [5, 5.41) is 4.34. The average molecular weight is 361 g/mol. The summed E-state index contributed by atoms with van der Waals surface area (Å²) in [5.74, 6) is 1.82. The molecule has 3 aromatic rings. The van der Waals surface area contributed by atoms with Crippen LogP contribution < -0.4 is 9.47 Å². The lowest BCUT2D eigenvalue weighted by atomic mass is 10.0. The fraction of sp³-hybridized carbons (Fsp3) is 0.318. The summed E-state index contributed by atoms with van der Waals surface area (Å²) in [7, 11) is 0. The number of benzene rings is 2. The van der Waals surface area contributed by atoms with E-state index in [9.17, 15) is 0 Å². The van der Waals surface area contributed by atoms with Crippen molar-refractivity contribution >= 4 is 0 Å². The molecular weight excluding hydrogens is 338 g/mol. The van der Waals surface area contributed by atoms with Crippen LogP contribution in [-0.4, -0.2) is 34.4 Å². The van der Waals surface area contributed by atoms with Crippen molar-refractivity contribution in [2.24, 2.45) is 0 Å². The molecule has 1 atom stereocenters. The second kappa shape index (κ2) is 7.08. The monoisotopic (exact) mass is 361 g/mol. The Morgan fingerprint density at radius 2 is 1.96 bits per heavy atom. The second-order valence-corrected chi connectivity index (χ2v) is 7.12. The van der Waals surface area contributed by atoms with Crippen molar-refractivity contribution < 1.29 is 9.47 Å². The minimum absolute atomic E-state index is 0.370. The fourth-order valence-electron chi connectivity index (χ4n) is 4.18. The van der Waals surface area contributed by atoms with Gasteiger partial charge in [-0.15, -0.1) is 0 Å². The Morgan fingerprint density at radius 1 is 1.04 bits per heavy atom. The third-order valence-electron chi connectivity index (χ3n) is 5.38. The number of para-hydroxylation sites is 1. The summed E-state index contributed by atoms with van der Waals surface area (Å²) in [6.45, 7) is 3.28. The molecule has 5 nitrogen and oxygen atoms in total. The predicted octanol–water partition coefficient (Wildman–Crippen LogP) is 3.98. The van der Waals surface area contributed by atoms with Crippen LogP contribution in [0.5, 0.6) is 11.5 Å². The molecular formula is C22H23N3O2. The van der Waals surface area contributed by atoms with E-state index in [1.807, 2.05) is 29.2 Å². The van der Waals surface area contributed by atoms with Crippen LogP contribution in [0.15, 0.2) is 60.9 Å². The van der Waals surface area contributed by atoms with E-state index in [1.54, 1.807) is 0 Å². The molecule has 0 amide bonds. The van der Waals surface area contributed by atoms with Gasteiger partial charge in [0.2, 0.25) is 0 Å². The number of rotatable bonds is 4. The molecule has 2 aromatic carbocycles. The molecule has 27 heavy (non-hydrogen) atoms. The summed E-state index contributed by atoms with van der Waals surface area (Å²) < 4.78 is 13.7. The molecule has 0 spiro atoms. The van der Waals surface area contributed by atoms with Crippen LogP contribution in [0.3, 0.4) is 0 Å². The lowest BCUT2D eigenvalue weighted by molar-refractivity contribution is 0.163. The lowest BCUT2D eigenvalue weighted by Gasteiger charge is -2.29. The highest BCUT2D eigenvalue weighted by molar-refractivity contribution is 5.49. The number of aromatic nitrogens is 2. The van der Waals surface area contributed by atoms with E-state index in [0.29, 0.717) is 19.3 Å². The number of nitrogens with zero attached hydrogens (tertiary/aromatic N) is 3. The minimum Gasteiger partial charge on any atom is -0.486 e. The standard InChI is InChI=1S/C22H23N3O2/c1-5-17(15-18(6-1)25-12-4-10-23-25)16-24-11-3-8-20(24)19-7-2-9-21-22(19)27-14-13-26-21/h1-2,4-7,9-10,12,15,20H,3,8,11,13-14,16H2. The molecule has 1 aromatic heterocycles. The Bertz CT molecular complexity index is 923. The normalized spacial score (nSPS) is 19.3.